The Morgan fingerprint density at radius 1 is 1.17 bits per heavy atom. The second-order valence-corrected chi connectivity index (χ2v) is 6.82. The fraction of sp³-hybridized carbons (Fsp3) is 0.500. The first kappa shape index (κ1) is 16.7. The Morgan fingerprint density at radius 3 is 2.62 bits per heavy atom. The highest BCUT2D eigenvalue weighted by Crippen LogP contribution is 2.24. The van der Waals surface area contributed by atoms with E-state index in [2.05, 4.69) is 59.4 Å². The molecule has 2 heterocycles. The third-order valence-electron chi connectivity index (χ3n) is 4.91. The van der Waals surface area contributed by atoms with E-state index in [-0.39, 0.29) is 0 Å². The minimum Gasteiger partial charge on any atom is -0.367 e. The second kappa shape index (κ2) is 8.13. The van der Waals surface area contributed by atoms with E-state index in [0.29, 0.717) is 6.04 Å². The molecular formula is C20H28N4. The quantitative estimate of drug-likeness (QED) is 0.867. The van der Waals surface area contributed by atoms with Crippen LogP contribution in [0, 0.1) is 5.92 Å². The molecule has 1 atom stereocenters. The normalized spacial score (nSPS) is 16.8. The van der Waals surface area contributed by atoms with Crippen molar-refractivity contribution in [1.29, 1.82) is 0 Å². The number of aromatic nitrogens is 2. The van der Waals surface area contributed by atoms with Crippen LogP contribution in [-0.4, -0.2) is 29.1 Å². The van der Waals surface area contributed by atoms with E-state index >= 15 is 0 Å². The number of anilines is 2. The topological polar surface area (TPSA) is 41.1 Å². The maximum atomic E-state index is 4.70. The zero-order valence-electron chi connectivity index (χ0n) is 14.8. The van der Waals surface area contributed by atoms with Gasteiger partial charge in [0.2, 0.25) is 5.95 Å². The molecule has 1 aromatic carbocycles. The maximum absolute atomic E-state index is 4.70. The molecule has 0 amide bonds. The van der Waals surface area contributed by atoms with Gasteiger partial charge in [0.1, 0.15) is 5.82 Å². The molecule has 1 saturated heterocycles. The minimum atomic E-state index is 0.435. The molecule has 1 unspecified atom stereocenters. The highest BCUT2D eigenvalue weighted by Gasteiger charge is 2.21. The first-order valence-corrected chi connectivity index (χ1v) is 9.13. The molecule has 1 aliphatic rings. The molecule has 4 heteroatoms. The van der Waals surface area contributed by atoms with E-state index in [1.54, 1.807) is 0 Å². The fourth-order valence-corrected chi connectivity index (χ4v) is 3.22. The molecule has 0 aliphatic carbocycles. The Morgan fingerprint density at radius 2 is 1.92 bits per heavy atom. The molecule has 128 valence electrons. The Labute approximate surface area is 145 Å². The molecule has 0 spiro atoms. The number of hydrogen-bond donors (Lipinski definition) is 1. The van der Waals surface area contributed by atoms with E-state index in [1.165, 1.54) is 24.8 Å². The average Bonchev–Trinajstić information content (AvgIpc) is 2.63. The number of piperidine rings is 1. The van der Waals surface area contributed by atoms with E-state index in [4.69, 9.17) is 4.98 Å². The van der Waals surface area contributed by atoms with Crippen LogP contribution in [-0.2, 0) is 6.42 Å². The van der Waals surface area contributed by atoms with Crippen molar-refractivity contribution in [2.45, 2.75) is 45.6 Å². The molecular weight excluding hydrogens is 296 g/mol. The van der Waals surface area contributed by atoms with Crippen molar-refractivity contribution in [2.24, 2.45) is 5.92 Å². The Balaban J connectivity index is 1.55. The van der Waals surface area contributed by atoms with Crippen molar-refractivity contribution in [3.8, 4) is 0 Å². The van der Waals surface area contributed by atoms with Gasteiger partial charge in [-0.2, -0.15) is 4.98 Å². The number of hydrogen-bond acceptors (Lipinski definition) is 4. The Bertz CT molecular complexity index is 621. The molecule has 3 rings (SSSR count). The zero-order valence-corrected chi connectivity index (χ0v) is 14.8. The largest absolute Gasteiger partial charge is 0.367 e. The lowest BCUT2D eigenvalue weighted by molar-refractivity contribution is 0.400. The molecule has 0 radical (unpaired) electrons. The number of nitrogens with one attached hydrogen (secondary N) is 1. The third kappa shape index (κ3) is 4.47. The summed E-state index contributed by atoms with van der Waals surface area (Å²) in [5.41, 5.74) is 1.45. The van der Waals surface area contributed by atoms with Gasteiger partial charge < -0.3 is 10.2 Å². The summed E-state index contributed by atoms with van der Waals surface area (Å²) < 4.78 is 0. The van der Waals surface area contributed by atoms with Crippen LogP contribution in [0.1, 0.15) is 38.7 Å². The van der Waals surface area contributed by atoms with Crippen molar-refractivity contribution < 1.29 is 0 Å². The lowest BCUT2D eigenvalue weighted by Gasteiger charge is -2.32. The van der Waals surface area contributed by atoms with Crippen LogP contribution < -0.4 is 10.2 Å². The van der Waals surface area contributed by atoms with Gasteiger partial charge in [0, 0.05) is 25.3 Å². The van der Waals surface area contributed by atoms with Crippen molar-refractivity contribution >= 4 is 11.8 Å². The van der Waals surface area contributed by atoms with Gasteiger partial charge in [-0.25, -0.2) is 4.98 Å². The SMILES string of the molecule is CCC(C)Nc1ccnc(N2CCC(Cc3ccccc3)CC2)n1. The number of nitrogens with zero attached hydrogens (tertiary/aromatic N) is 3. The molecule has 1 fully saturated rings. The number of rotatable bonds is 6. The molecule has 0 bridgehead atoms. The Hall–Kier alpha value is -2.10. The highest BCUT2D eigenvalue weighted by molar-refractivity contribution is 5.42. The van der Waals surface area contributed by atoms with E-state index in [9.17, 15) is 0 Å². The average molecular weight is 324 g/mol. The summed E-state index contributed by atoms with van der Waals surface area (Å²) in [6.45, 7) is 6.45. The summed E-state index contributed by atoms with van der Waals surface area (Å²) in [6, 6.07) is 13.2. The van der Waals surface area contributed by atoms with Crippen molar-refractivity contribution in [1.82, 2.24) is 9.97 Å². The van der Waals surface area contributed by atoms with Gasteiger partial charge in [0.15, 0.2) is 0 Å². The second-order valence-electron chi connectivity index (χ2n) is 6.82. The fourth-order valence-electron chi connectivity index (χ4n) is 3.22. The molecule has 24 heavy (non-hydrogen) atoms. The Kier molecular flexibility index (Phi) is 5.68. The highest BCUT2D eigenvalue weighted by atomic mass is 15.3. The molecule has 0 saturated carbocycles. The van der Waals surface area contributed by atoms with Crippen LogP contribution in [0.3, 0.4) is 0 Å². The lowest BCUT2D eigenvalue weighted by atomic mass is 9.90. The minimum absolute atomic E-state index is 0.435. The third-order valence-corrected chi connectivity index (χ3v) is 4.91. The van der Waals surface area contributed by atoms with Gasteiger partial charge >= 0.3 is 0 Å². The van der Waals surface area contributed by atoms with Crippen LogP contribution in [0.25, 0.3) is 0 Å². The summed E-state index contributed by atoms with van der Waals surface area (Å²) in [4.78, 5) is 11.5. The van der Waals surface area contributed by atoms with Crippen molar-refractivity contribution in [3.05, 3.63) is 48.2 Å². The standard InChI is InChI=1S/C20H28N4/c1-3-16(2)22-19-9-12-21-20(23-19)24-13-10-18(11-14-24)15-17-7-5-4-6-8-17/h4-9,12,16,18H,3,10-11,13-15H2,1-2H3,(H,21,22,23). The predicted octanol–water partition coefficient (Wildman–Crippen LogP) is 4.15. The predicted molar refractivity (Wildman–Crippen MR) is 100 cm³/mol. The summed E-state index contributed by atoms with van der Waals surface area (Å²) in [7, 11) is 0. The monoisotopic (exact) mass is 324 g/mol. The zero-order chi connectivity index (χ0) is 16.8. The molecule has 1 aliphatic heterocycles. The van der Waals surface area contributed by atoms with E-state index in [1.807, 2.05) is 12.3 Å². The first-order chi connectivity index (χ1) is 11.7. The maximum Gasteiger partial charge on any atom is 0.227 e. The van der Waals surface area contributed by atoms with Crippen LogP contribution in [0.2, 0.25) is 0 Å². The van der Waals surface area contributed by atoms with Crippen LogP contribution in [0.5, 0.6) is 0 Å². The molecule has 2 aromatic rings. The van der Waals surface area contributed by atoms with Crippen LogP contribution in [0.4, 0.5) is 11.8 Å². The van der Waals surface area contributed by atoms with Gasteiger partial charge in [0.25, 0.3) is 0 Å². The summed E-state index contributed by atoms with van der Waals surface area (Å²) in [5, 5.41) is 3.43. The summed E-state index contributed by atoms with van der Waals surface area (Å²) >= 11 is 0. The van der Waals surface area contributed by atoms with Crippen LogP contribution in [0.15, 0.2) is 42.6 Å². The van der Waals surface area contributed by atoms with Gasteiger partial charge in [0.05, 0.1) is 0 Å². The summed E-state index contributed by atoms with van der Waals surface area (Å²) in [6.07, 6.45) is 6.56. The van der Waals surface area contributed by atoms with Gasteiger partial charge in [-0.3, -0.25) is 0 Å². The summed E-state index contributed by atoms with van der Waals surface area (Å²) in [5.74, 6) is 2.56. The smallest absolute Gasteiger partial charge is 0.227 e. The van der Waals surface area contributed by atoms with Crippen molar-refractivity contribution in [2.75, 3.05) is 23.3 Å². The van der Waals surface area contributed by atoms with Gasteiger partial charge in [-0.1, -0.05) is 37.3 Å². The number of benzene rings is 1. The van der Waals surface area contributed by atoms with E-state index < -0.39 is 0 Å². The van der Waals surface area contributed by atoms with Gasteiger partial charge in [-0.05, 0) is 50.2 Å². The van der Waals surface area contributed by atoms with Crippen molar-refractivity contribution in [3.63, 3.8) is 0 Å². The van der Waals surface area contributed by atoms with Crippen LogP contribution >= 0.6 is 0 Å². The van der Waals surface area contributed by atoms with Gasteiger partial charge in [-0.15, -0.1) is 0 Å². The molecule has 4 nitrogen and oxygen atoms in total. The molecule has 1 N–H and O–H groups in total. The first-order valence-electron chi connectivity index (χ1n) is 9.13. The molecule has 1 aromatic heterocycles. The van der Waals surface area contributed by atoms with E-state index in [0.717, 1.165) is 37.2 Å². The lowest BCUT2D eigenvalue weighted by Crippen LogP contribution is -2.35.